The predicted molar refractivity (Wildman–Crippen MR) is 143 cm³/mol. The molecule has 2 amide bonds. The molecule has 2 aromatic rings. The van der Waals surface area contributed by atoms with E-state index in [0.29, 0.717) is 33.6 Å². The zero-order valence-electron chi connectivity index (χ0n) is 20.1. The van der Waals surface area contributed by atoms with Gasteiger partial charge in [0.15, 0.2) is 0 Å². The van der Waals surface area contributed by atoms with E-state index in [0.717, 1.165) is 10.6 Å². The molecule has 0 aliphatic carbocycles. The average molecular weight is 563 g/mol. The summed E-state index contributed by atoms with van der Waals surface area (Å²) >= 11 is 18.7. The number of amides is 2. The lowest BCUT2D eigenvalue weighted by Crippen LogP contribution is -2.52. The second-order valence-corrected chi connectivity index (χ2v) is 11.7. The molecule has 0 radical (unpaired) electrons. The SMILES string of the molecule is CC[C@H](C(=O)NCC(C)C)N(Cc1c(Cl)cccc1Cl)C(=O)CN(c1ccc(Cl)cc1)S(C)(=O)=O. The third-order valence-electron chi connectivity index (χ3n) is 5.25. The number of benzene rings is 2. The molecule has 0 spiro atoms. The molecule has 0 unspecified atom stereocenters. The van der Waals surface area contributed by atoms with Crippen molar-refractivity contribution in [2.75, 3.05) is 23.7 Å². The third-order valence-corrected chi connectivity index (χ3v) is 7.36. The van der Waals surface area contributed by atoms with E-state index in [1.807, 2.05) is 13.8 Å². The van der Waals surface area contributed by atoms with Crippen LogP contribution >= 0.6 is 34.8 Å². The van der Waals surface area contributed by atoms with Gasteiger partial charge in [0.05, 0.1) is 11.9 Å². The Morgan fingerprint density at radius 3 is 2.06 bits per heavy atom. The molecular weight excluding hydrogens is 533 g/mol. The second kappa shape index (κ2) is 12.8. The van der Waals surface area contributed by atoms with Crippen LogP contribution in [0.1, 0.15) is 32.8 Å². The standard InChI is InChI=1S/C24H30Cl3N3O4S/c1-5-22(24(32)28-13-16(2)3)29(14-19-20(26)7-6-8-21(19)27)23(31)15-30(35(4,33)34)18-11-9-17(25)10-12-18/h6-12,16,22H,5,13-15H2,1-4H3,(H,28,32)/t22-/m1/s1. The third kappa shape index (κ3) is 8.27. The van der Waals surface area contributed by atoms with Gasteiger partial charge in [-0.3, -0.25) is 13.9 Å². The number of anilines is 1. The van der Waals surface area contributed by atoms with Gasteiger partial charge in [0.25, 0.3) is 0 Å². The Morgan fingerprint density at radius 1 is 1.00 bits per heavy atom. The number of nitrogens with one attached hydrogen (secondary N) is 1. The van der Waals surface area contributed by atoms with Crippen LogP contribution in [0, 0.1) is 5.92 Å². The van der Waals surface area contributed by atoms with Gasteiger partial charge in [-0.25, -0.2) is 8.42 Å². The maximum absolute atomic E-state index is 13.6. The fourth-order valence-corrected chi connectivity index (χ4v) is 4.91. The summed E-state index contributed by atoms with van der Waals surface area (Å²) in [7, 11) is -3.83. The van der Waals surface area contributed by atoms with Gasteiger partial charge in [-0.2, -0.15) is 0 Å². The van der Waals surface area contributed by atoms with Gasteiger partial charge in [0, 0.05) is 33.7 Å². The number of carbonyl (C=O) groups excluding carboxylic acids is 2. The Balaban J connectivity index is 2.47. The maximum Gasteiger partial charge on any atom is 0.244 e. The lowest BCUT2D eigenvalue weighted by Gasteiger charge is -2.33. The fourth-order valence-electron chi connectivity index (χ4n) is 3.42. The number of rotatable bonds is 11. The molecule has 35 heavy (non-hydrogen) atoms. The number of nitrogens with zero attached hydrogens (tertiary/aromatic N) is 2. The summed E-state index contributed by atoms with van der Waals surface area (Å²) < 4.78 is 26.2. The van der Waals surface area contributed by atoms with E-state index < -0.39 is 28.5 Å². The number of carbonyl (C=O) groups is 2. The fraction of sp³-hybridized carbons (Fsp3) is 0.417. The van der Waals surface area contributed by atoms with Crippen molar-refractivity contribution in [3.8, 4) is 0 Å². The van der Waals surface area contributed by atoms with Crippen molar-refractivity contribution < 1.29 is 18.0 Å². The monoisotopic (exact) mass is 561 g/mol. The van der Waals surface area contributed by atoms with Gasteiger partial charge in [0.2, 0.25) is 21.8 Å². The molecule has 0 fully saturated rings. The molecule has 0 saturated heterocycles. The first kappa shape index (κ1) is 29.2. The maximum atomic E-state index is 13.6. The molecule has 7 nitrogen and oxygen atoms in total. The normalized spacial score (nSPS) is 12.3. The van der Waals surface area contributed by atoms with E-state index in [4.69, 9.17) is 34.8 Å². The van der Waals surface area contributed by atoms with Crippen LogP contribution in [0.3, 0.4) is 0 Å². The van der Waals surface area contributed by atoms with Gasteiger partial charge < -0.3 is 10.2 Å². The highest BCUT2D eigenvalue weighted by atomic mass is 35.5. The number of hydrogen-bond acceptors (Lipinski definition) is 4. The van der Waals surface area contributed by atoms with E-state index in [9.17, 15) is 18.0 Å². The van der Waals surface area contributed by atoms with Crippen molar-refractivity contribution in [3.63, 3.8) is 0 Å². The van der Waals surface area contributed by atoms with Crippen LogP contribution < -0.4 is 9.62 Å². The highest BCUT2D eigenvalue weighted by molar-refractivity contribution is 7.92. The Hall–Kier alpha value is -2.00. The van der Waals surface area contributed by atoms with Crippen LogP contribution in [0.5, 0.6) is 0 Å². The van der Waals surface area contributed by atoms with Gasteiger partial charge in [0.1, 0.15) is 12.6 Å². The van der Waals surface area contributed by atoms with Gasteiger partial charge in [-0.05, 0) is 48.7 Å². The first-order valence-corrected chi connectivity index (χ1v) is 14.1. The zero-order chi connectivity index (χ0) is 26.3. The molecule has 1 atom stereocenters. The van der Waals surface area contributed by atoms with Crippen LogP contribution in [0.15, 0.2) is 42.5 Å². The van der Waals surface area contributed by atoms with Gasteiger partial charge in [-0.15, -0.1) is 0 Å². The Kier molecular flexibility index (Phi) is 10.7. The summed E-state index contributed by atoms with van der Waals surface area (Å²) in [5, 5.41) is 3.96. The van der Waals surface area contributed by atoms with Crippen molar-refractivity contribution in [3.05, 3.63) is 63.1 Å². The van der Waals surface area contributed by atoms with Crippen molar-refractivity contribution in [2.45, 2.75) is 39.8 Å². The Labute approximate surface area is 222 Å². The second-order valence-electron chi connectivity index (χ2n) is 8.53. The number of hydrogen-bond donors (Lipinski definition) is 1. The minimum atomic E-state index is -3.83. The topological polar surface area (TPSA) is 86.8 Å². The number of halogens is 3. The summed E-state index contributed by atoms with van der Waals surface area (Å²) in [4.78, 5) is 28.0. The minimum absolute atomic E-state index is 0.0663. The van der Waals surface area contributed by atoms with Crippen LogP contribution in [0.25, 0.3) is 0 Å². The zero-order valence-corrected chi connectivity index (χ0v) is 23.2. The molecule has 2 rings (SSSR count). The molecule has 0 saturated carbocycles. The molecule has 0 aliphatic heterocycles. The summed E-state index contributed by atoms with van der Waals surface area (Å²) in [6.45, 7) is 5.55. The summed E-state index contributed by atoms with van der Waals surface area (Å²) in [6.07, 6.45) is 1.31. The summed E-state index contributed by atoms with van der Waals surface area (Å²) in [6, 6.07) is 10.2. The van der Waals surface area contributed by atoms with Crippen molar-refractivity contribution in [2.24, 2.45) is 5.92 Å². The molecule has 0 aliphatic rings. The molecule has 1 N–H and O–H groups in total. The van der Waals surface area contributed by atoms with Crippen LogP contribution in [0.4, 0.5) is 5.69 Å². The average Bonchev–Trinajstić information content (AvgIpc) is 2.77. The Morgan fingerprint density at radius 2 is 1.57 bits per heavy atom. The van der Waals surface area contributed by atoms with Crippen LogP contribution in [-0.2, 0) is 26.2 Å². The molecule has 192 valence electrons. The minimum Gasteiger partial charge on any atom is -0.354 e. The predicted octanol–water partition coefficient (Wildman–Crippen LogP) is 4.99. The van der Waals surface area contributed by atoms with Crippen molar-refractivity contribution in [1.29, 1.82) is 0 Å². The Bertz CT molecular complexity index is 1120. The molecule has 2 aromatic carbocycles. The van der Waals surface area contributed by atoms with Crippen LogP contribution in [0.2, 0.25) is 15.1 Å². The molecule has 11 heteroatoms. The van der Waals surface area contributed by atoms with E-state index >= 15 is 0 Å². The van der Waals surface area contributed by atoms with E-state index in [1.165, 1.54) is 29.2 Å². The first-order valence-electron chi connectivity index (χ1n) is 11.1. The van der Waals surface area contributed by atoms with Crippen molar-refractivity contribution >= 4 is 62.3 Å². The van der Waals surface area contributed by atoms with E-state index in [1.54, 1.807) is 25.1 Å². The highest BCUT2D eigenvalue weighted by Gasteiger charge is 2.32. The van der Waals surface area contributed by atoms with E-state index in [-0.39, 0.29) is 24.1 Å². The van der Waals surface area contributed by atoms with Crippen molar-refractivity contribution in [1.82, 2.24) is 10.2 Å². The number of sulfonamides is 1. The quantitative estimate of drug-likeness (QED) is 0.418. The van der Waals surface area contributed by atoms with E-state index in [2.05, 4.69) is 5.32 Å². The summed E-state index contributed by atoms with van der Waals surface area (Å²) in [5.74, 6) is -0.702. The molecule has 0 aromatic heterocycles. The first-order chi connectivity index (χ1) is 16.3. The lowest BCUT2D eigenvalue weighted by atomic mass is 10.1. The lowest BCUT2D eigenvalue weighted by molar-refractivity contribution is -0.140. The van der Waals surface area contributed by atoms with Crippen LogP contribution in [-0.4, -0.2) is 50.5 Å². The molecular formula is C24H30Cl3N3O4S. The van der Waals surface area contributed by atoms with Gasteiger partial charge in [-0.1, -0.05) is 61.6 Å². The smallest absolute Gasteiger partial charge is 0.244 e. The molecule has 0 bridgehead atoms. The largest absolute Gasteiger partial charge is 0.354 e. The van der Waals surface area contributed by atoms with Gasteiger partial charge >= 0.3 is 0 Å². The summed E-state index contributed by atoms with van der Waals surface area (Å²) in [5.41, 5.74) is 0.745. The molecule has 0 heterocycles. The highest BCUT2D eigenvalue weighted by Crippen LogP contribution is 2.28.